The predicted octanol–water partition coefficient (Wildman–Crippen LogP) is 9.66. The number of pyridine rings is 2. The molecule has 0 bridgehead atoms. The standard InChI is InChI=1S/2C18H13N3O2S.C2H5Br/c2*1-11-15(21-10-6-5-9-13(21)19-11)17-20-14(16(24-17)18(22)23)12-7-3-2-4-8-12;1-2-3/h2*2-10H,1H3,(H,22,23);2H2,1H3. The van der Waals surface area contributed by atoms with Gasteiger partial charge in [0.15, 0.2) is 0 Å². The number of thiazole rings is 2. The van der Waals surface area contributed by atoms with Crippen LogP contribution >= 0.6 is 38.6 Å². The van der Waals surface area contributed by atoms with Crippen LogP contribution in [0.3, 0.4) is 0 Å². The largest absolute Gasteiger partial charge is 0.477 e. The molecule has 8 aromatic rings. The maximum atomic E-state index is 11.7. The first kappa shape index (κ1) is 35.3. The van der Waals surface area contributed by atoms with Gasteiger partial charge < -0.3 is 10.2 Å². The molecule has 256 valence electrons. The molecule has 6 heterocycles. The lowest BCUT2D eigenvalue weighted by Crippen LogP contribution is -1.95. The number of hydrogen-bond donors (Lipinski definition) is 2. The number of carboxylic acids is 2. The van der Waals surface area contributed by atoms with Crippen LogP contribution in [-0.2, 0) is 0 Å². The number of alkyl halides is 1. The highest BCUT2D eigenvalue weighted by Gasteiger charge is 2.24. The van der Waals surface area contributed by atoms with E-state index in [-0.39, 0.29) is 9.75 Å². The molecule has 0 fully saturated rings. The fourth-order valence-corrected chi connectivity index (χ4v) is 7.50. The first-order valence-corrected chi connectivity index (χ1v) is 18.5. The van der Waals surface area contributed by atoms with Crippen LogP contribution in [0.5, 0.6) is 0 Å². The molecule has 0 saturated carbocycles. The maximum absolute atomic E-state index is 11.7. The monoisotopic (exact) mass is 778 g/mol. The molecule has 13 heteroatoms. The number of rotatable bonds is 6. The molecule has 0 radical (unpaired) electrons. The third-order valence-corrected chi connectivity index (χ3v) is 9.65. The summed E-state index contributed by atoms with van der Waals surface area (Å²) in [7, 11) is 0. The van der Waals surface area contributed by atoms with Crippen molar-refractivity contribution < 1.29 is 19.8 Å². The number of fused-ring (bicyclic) bond motifs is 2. The zero-order chi connectivity index (χ0) is 36.1. The first-order chi connectivity index (χ1) is 24.7. The van der Waals surface area contributed by atoms with Crippen molar-refractivity contribution in [3.8, 4) is 43.9 Å². The van der Waals surface area contributed by atoms with E-state index in [1.807, 2.05) is 139 Å². The van der Waals surface area contributed by atoms with Gasteiger partial charge in [0.2, 0.25) is 0 Å². The average Bonchev–Trinajstić information content (AvgIpc) is 3.91. The topological polar surface area (TPSA) is 135 Å². The third-order valence-electron chi connectivity index (χ3n) is 7.55. The van der Waals surface area contributed by atoms with E-state index in [1.54, 1.807) is 0 Å². The van der Waals surface area contributed by atoms with Crippen molar-refractivity contribution in [2.75, 3.05) is 5.33 Å². The van der Waals surface area contributed by atoms with E-state index in [4.69, 9.17) is 0 Å². The average molecular weight is 780 g/mol. The van der Waals surface area contributed by atoms with Crippen molar-refractivity contribution in [1.82, 2.24) is 28.7 Å². The summed E-state index contributed by atoms with van der Waals surface area (Å²) >= 11 is 5.50. The molecule has 0 spiro atoms. The van der Waals surface area contributed by atoms with Crippen LogP contribution in [0.1, 0.15) is 37.7 Å². The summed E-state index contributed by atoms with van der Waals surface area (Å²) in [6.45, 7) is 5.86. The van der Waals surface area contributed by atoms with Gasteiger partial charge in [0.05, 0.1) is 22.8 Å². The van der Waals surface area contributed by atoms with Crippen LogP contribution in [-0.4, -0.2) is 56.2 Å². The van der Waals surface area contributed by atoms with Gasteiger partial charge in [-0.25, -0.2) is 29.5 Å². The molecule has 0 aliphatic heterocycles. The lowest BCUT2D eigenvalue weighted by atomic mass is 10.1. The molecule has 8 rings (SSSR count). The van der Waals surface area contributed by atoms with Crippen LogP contribution in [0.2, 0.25) is 0 Å². The Morgan fingerprint density at radius 3 is 1.31 bits per heavy atom. The van der Waals surface area contributed by atoms with Crippen LogP contribution in [0.4, 0.5) is 0 Å². The Morgan fingerprint density at radius 1 is 0.608 bits per heavy atom. The summed E-state index contributed by atoms with van der Waals surface area (Å²) in [6, 6.07) is 30.3. The molecule has 0 aliphatic rings. The van der Waals surface area contributed by atoms with E-state index < -0.39 is 11.9 Å². The Kier molecular flexibility index (Phi) is 10.8. The summed E-state index contributed by atoms with van der Waals surface area (Å²) in [6.07, 6.45) is 3.82. The highest BCUT2D eigenvalue weighted by Crippen LogP contribution is 2.37. The first-order valence-electron chi connectivity index (χ1n) is 15.7. The number of carboxylic acid groups (broad SMARTS) is 2. The van der Waals surface area contributed by atoms with E-state index in [2.05, 4.69) is 35.9 Å². The maximum Gasteiger partial charge on any atom is 0.348 e. The van der Waals surface area contributed by atoms with Gasteiger partial charge in [-0.1, -0.05) is 95.7 Å². The molecule has 0 aliphatic carbocycles. The number of imidazole rings is 2. The molecule has 0 unspecified atom stereocenters. The van der Waals surface area contributed by atoms with Crippen molar-refractivity contribution in [1.29, 1.82) is 0 Å². The van der Waals surface area contributed by atoms with E-state index >= 15 is 0 Å². The summed E-state index contributed by atoms with van der Waals surface area (Å²) in [5.74, 6) is -1.94. The van der Waals surface area contributed by atoms with Gasteiger partial charge in [0.25, 0.3) is 0 Å². The van der Waals surface area contributed by atoms with E-state index in [0.717, 1.165) is 50.5 Å². The van der Waals surface area contributed by atoms with Crippen molar-refractivity contribution in [3.63, 3.8) is 0 Å². The Balaban J connectivity index is 0.000000163. The van der Waals surface area contributed by atoms with E-state index in [9.17, 15) is 19.8 Å². The van der Waals surface area contributed by atoms with Crippen LogP contribution < -0.4 is 0 Å². The van der Waals surface area contributed by atoms with Gasteiger partial charge in [-0.15, -0.1) is 22.7 Å². The van der Waals surface area contributed by atoms with Gasteiger partial charge in [-0.3, -0.25) is 8.80 Å². The predicted molar refractivity (Wildman–Crippen MR) is 206 cm³/mol. The number of hydrogen-bond acceptors (Lipinski definition) is 8. The van der Waals surface area contributed by atoms with Gasteiger partial charge in [-0.2, -0.15) is 0 Å². The van der Waals surface area contributed by atoms with Gasteiger partial charge in [-0.05, 0) is 38.1 Å². The quantitative estimate of drug-likeness (QED) is 0.159. The second-order valence-electron chi connectivity index (χ2n) is 11.0. The van der Waals surface area contributed by atoms with E-state index in [0.29, 0.717) is 21.4 Å². The molecule has 51 heavy (non-hydrogen) atoms. The fourth-order valence-electron chi connectivity index (χ4n) is 5.46. The lowest BCUT2D eigenvalue weighted by Gasteiger charge is -1.99. The number of aryl methyl sites for hydroxylation is 2. The van der Waals surface area contributed by atoms with Crippen molar-refractivity contribution in [2.24, 2.45) is 0 Å². The Labute approximate surface area is 309 Å². The van der Waals surface area contributed by atoms with Crippen molar-refractivity contribution in [2.45, 2.75) is 20.8 Å². The van der Waals surface area contributed by atoms with Crippen molar-refractivity contribution in [3.05, 3.63) is 131 Å². The van der Waals surface area contributed by atoms with Gasteiger partial charge in [0.1, 0.15) is 42.5 Å². The second kappa shape index (κ2) is 15.6. The van der Waals surface area contributed by atoms with E-state index in [1.165, 1.54) is 22.7 Å². The molecule has 2 aromatic carbocycles. The molecule has 6 aromatic heterocycles. The summed E-state index contributed by atoms with van der Waals surface area (Å²) in [4.78, 5) is 42.1. The molecule has 2 N–H and O–H groups in total. The van der Waals surface area contributed by atoms with Crippen LogP contribution in [0.25, 0.3) is 55.2 Å². The normalized spacial score (nSPS) is 10.7. The SMILES string of the molecule is CCBr.Cc1nc2ccccn2c1-c1nc(-c2ccccc2)c(C(=O)O)s1.Cc1nc2ccccn2c1-c1nc(-c2ccccc2)c(C(=O)O)s1. The number of aromatic nitrogens is 6. The summed E-state index contributed by atoms with van der Waals surface area (Å²) < 4.78 is 3.88. The summed E-state index contributed by atoms with van der Waals surface area (Å²) in [5, 5.41) is 21.5. The molecular formula is C38H31BrN6O4S2. The molecule has 0 saturated heterocycles. The molecule has 0 amide bonds. The number of benzene rings is 2. The lowest BCUT2D eigenvalue weighted by molar-refractivity contribution is 0.0691. The Bertz CT molecular complexity index is 2300. The minimum atomic E-state index is -0.968. The minimum absolute atomic E-state index is 0.237. The number of halogens is 1. The highest BCUT2D eigenvalue weighted by molar-refractivity contribution is 9.09. The second-order valence-corrected chi connectivity index (χ2v) is 14.1. The third kappa shape index (κ3) is 7.36. The van der Waals surface area contributed by atoms with Gasteiger partial charge >= 0.3 is 11.9 Å². The Hall–Kier alpha value is -5.50. The number of carbonyl (C=O) groups is 2. The van der Waals surface area contributed by atoms with Crippen LogP contribution in [0.15, 0.2) is 109 Å². The number of aromatic carboxylic acids is 2. The fraction of sp³-hybridized carbons (Fsp3) is 0.105. The smallest absolute Gasteiger partial charge is 0.348 e. The number of nitrogens with zero attached hydrogens (tertiary/aromatic N) is 6. The van der Waals surface area contributed by atoms with Gasteiger partial charge in [0, 0.05) is 28.9 Å². The van der Waals surface area contributed by atoms with Crippen molar-refractivity contribution >= 4 is 61.8 Å². The molecule has 10 nitrogen and oxygen atoms in total. The summed E-state index contributed by atoms with van der Waals surface area (Å²) in [5.41, 5.74) is 7.53. The van der Waals surface area contributed by atoms with Crippen LogP contribution in [0, 0.1) is 13.8 Å². The molecular weight excluding hydrogens is 748 g/mol. The zero-order valence-electron chi connectivity index (χ0n) is 27.7. The minimum Gasteiger partial charge on any atom is -0.477 e. The highest BCUT2D eigenvalue weighted by atomic mass is 79.9. The molecule has 0 atom stereocenters. The Morgan fingerprint density at radius 2 is 0.961 bits per heavy atom. The zero-order valence-corrected chi connectivity index (χ0v) is 30.9.